The molecule has 1 fully saturated rings. The summed E-state index contributed by atoms with van der Waals surface area (Å²) in [6, 6.07) is 15.7. The van der Waals surface area contributed by atoms with Crippen molar-refractivity contribution >= 4 is 11.6 Å². The Morgan fingerprint density at radius 3 is 2.44 bits per heavy atom. The molecule has 0 bridgehead atoms. The van der Waals surface area contributed by atoms with Crippen molar-refractivity contribution in [2.24, 2.45) is 0 Å². The van der Waals surface area contributed by atoms with Gasteiger partial charge in [0.2, 0.25) is 0 Å². The number of rotatable bonds is 4. The van der Waals surface area contributed by atoms with Crippen LogP contribution in [0.15, 0.2) is 48.5 Å². The zero-order valence-electron chi connectivity index (χ0n) is 14.9. The van der Waals surface area contributed by atoms with Crippen molar-refractivity contribution in [3.8, 4) is 0 Å². The molecular formula is C21H23NO3. The van der Waals surface area contributed by atoms with Gasteiger partial charge in [0, 0.05) is 25.3 Å². The van der Waals surface area contributed by atoms with E-state index in [0.29, 0.717) is 11.5 Å². The van der Waals surface area contributed by atoms with Crippen LogP contribution in [0, 0.1) is 0 Å². The van der Waals surface area contributed by atoms with Crippen molar-refractivity contribution in [1.82, 2.24) is 0 Å². The Labute approximate surface area is 148 Å². The standard InChI is InChI=1S/C21H23NO3/c1-21(25-3)17-13-16(14-9-10-14)11-12-18(17)22(20(21)24-2)19(23)15-7-5-4-6-8-15/h4-8,11-14,20H,9-10H2,1-3H3. The Bertz CT molecular complexity index is 800. The van der Waals surface area contributed by atoms with Crippen LogP contribution in [0.25, 0.3) is 0 Å². The first kappa shape index (κ1) is 16.3. The molecule has 0 spiro atoms. The van der Waals surface area contributed by atoms with E-state index in [4.69, 9.17) is 9.47 Å². The molecule has 1 aliphatic carbocycles. The third-order valence-electron chi connectivity index (χ3n) is 5.46. The molecule has 2 unspecified atom stereocenters. The third kappa shape index (κ3) is 2.48. The molecule has 1 aliphatic heterocycles. The Kier molecular flexibility index (Phi) is 3.89. The zero-order chi connectivity index (χ0) is 17.6. The van der Waals surface area contributed by atoms with Crippen molar-refractivity contribution < 1.29 is 14.3 Å². The first-order chi connectivity index (χ1) is 12.1. The molecule has 2 aromatic rings. The molecule has 1 heterocycles. The number of methoxy groups -OCH3 is 2. The van der Waals surface area contributed by atoms with Crippen molar-refractivity contribution in [2.45, 2.75) is 37.5 Å². The fourth-order valence-corrected chi connectivity index (χ4v) is 3.81. The van der Waals surface area contributed by atoms with Crippen LogP contribution in [-0.4, -0.2) is 26.4 Å². The minimum Gasteiger partial charge on any atom is -0.369 e. The highest BCUT2D eigenvalue weighted by molar-refractivity contribution is 6.08. The number of amides is 1. The summed E-state index contributed by atoms with van der Waals surface area (Å²) in [5.74, 6) is 0.569. The number of benzene rings is 2. The first-order valence-electron chi connectivity index (χ1n) is 8.71. The van der Waals surface area contributed by atoms with Gasteiger partial charge in [-0.05, 0) is 49.4 Å². The Morgan fingerprint density at radius 2 is 1.84 bits per heavy atom. The lowest BCUT2D eigenvalue weighted by molar-refractivity contribution is -0.0995. The minimum absolute atomic E-state index is 0.0753. The Hall–Kier alpha value is -2.17. The molecule has 130 valence electrons. The average Bonchev–Trinajstić information content (AvgIpc) is 3.47. The van der Waals surface area contributed by atoms with Crippen molar-refractivity contribution in [3.63, 3.8) is 0 Å². The summed E-state index contributed by atoms with van der Waals surface area (Å²) in [7, 11) is 3.30. The van der Waals surface area contributed by atoms with Gasteiger partial charge in [0.05, 0.1) is 5.69 Å². The summed E-state index contributed by atoms with van der Waals surface area (Å²) in [4.78, 5) is 14.9. The normalized spacial score (nSPS) is 25.1. The van der Waals surface area contributed by atoms with Crippen LogP contribution in [0.4, 0.5) is 5.69 Å². The summed E-state index contributed by atoms with van der Waals surface area (Å²) in [6.45, 7) is 1.99. The molecule has 2 atom stereocenters. The highest BCUT2D eigenvalue weighted by atomic mass is 16.6. The molecule has 2 aliphatic rings. The van der Waals surface area contributed by atoms with Crippen molar-refractivity contribution in [1.29, 1.82) is 0 Å². The molecule has 2 aromatic carbocycles. The van der Waals surface area contributed by atoms with Crippen LogP contribution in [0.1, 0.15) is 47.2 Å². The number of hydrogen-bond donors (Lipinski definition) is 0. The predicted octanol–water partition coefficient (Wildman–Crippen LogP) is 4.06. The quantitative estimate of drug-likeness (QED) is 0.844. The van der Waals surface area contributed by atoms with Gasteiger partial charge < -0.3 is 9.47 Å². The second-order valence-electron chi connectivity index (χ2n) is 6.99. The molecule has 1 saturated carbocycles. The fraction of sp³-hybridized carbons (Fsp3) is 0.381. The second kappa shape index (κ2) is 5.97. The van der Waals surface area contributed by atoms with Crippen LogP contribution in [0.3, 0.4) is 0 Å². The molecule has 4 rings (SSSR count). The molecular weight excluding hydrogens is 314 g/mol. The largest absolute Gasteiger partial charge is 0.369 e. The molecule has 1 amide bonds. The van der Waals surface area contributed by atoms with Crippen LogP contribution in [0.2, 0.25) is 0 Å². The van der Waals surface area contributed by atoms with Crippen LogP contribution in [-0.2, 0) is 15.1 Å². The second-order valence-corrected chi connectivity index (χ2v) is 6.99. The molecule has 4 nitrogen and oxygen atoms in total. The molecule has 0 aromatic heterocycles. The molecule has 0 radical (unpaired) electrons. The zero-order valence-corrected chi connectivity index (χ0v) is 14.9. The van der Waals surface area contributed by atoms with E-state index >= 15 is 0 Å². The maximum Gasteiger partial charge on any atom is 0.260 e. The number of hydrogen-bond acceptors (Lipinski definition) is 3. The van der Waals surface area contributed by atoms with E-state index < -0.39 is 11.8 Å². The van der Waals surface area contributed by atoms with Crippen LogP contribution < -0.4 is 4.90 Å². The average molecular weight is 337 g/mol. The van der Waals surface area contributed by atoms with Gasteiger partial charge in [0.1, 0.15) is 5.60 Å². The summed E-state index contributed by atoms with van der Waals surface area (Å²) in [6.07, 6.45) is 1.97. The van der Waals surface area contributed by atoms with Gasteiger partial charge in [0.15, 0.2) is 6.23 Å². The fourth-order valence-electron chi connectivity index (χ4n) is 3.81. The van der Waals surface area contributed by atoms with Crippen molar-refractivity contribution in [2.75, 3.05) is 19.1 Å². The summed E-state index contributed by atoms with van der Waals surface area (Å²) in [5, 5.41) is 0. The number of nitrogens with zero attached hydrogens (tertiary/aromatic N) is 1. The van der Waals surface area contributed by atoms with Gasteiger partial charge in [0.25, 0.3) is 5.91 Å². The molecule has 0 saturated heterocycles. The van der Waals surface area contributed by atoms with Gasteiger partial charge in [-0.15, -0.1) is 0 Å². The van der Waals surface area contributed by atoms with Gasteiger partial charge in [-0.1, -0.05) is 30.3 Å². The predicted molar refractivity (Wildman–Crippen MR) is 96.8 cm³/mol. The van der Waals surface area contributed by atoms with E-state index in [1.54, 1.807) is 19.1 Å². The lowest BCUT2D eigenvalue weighted by Crippen LogP contribution is -2.48. The molecule has 4 heteroatoms. The van der Waals surface area contributed by atoms with E-state index in [-0.39, 0.29) is 5.91 Å². The lowest BCUT2D eigenvalue weighted by Gasteiger charge is -2.33. The number of fused-ring (bicyclic) bond motifs is 1. The number of carbonyl (C=O) groups excluding carboxylic acids is 1. The Morgan fingerprint density at radius 1 is 1.12 bits per heavy atom. The minimum atomic E-state index is -0.695. The summed E-state index contributed by atoms with van der Waals surface area (Å²) < 4.78 is 11.6. The van der Waals surface area contributed by atoms with E-state index in [2.05, 4.69) is 12.1 Å². The number of carbonyl (C=O) groups is 1. The van der Waals surface area contributed by atoms with Gasteiger partial charge >= 0.3 is 0 Å². The number of ether oxygens (including phenoxy) is 2. The van der Waals surface area contributed by atoms with Gasteiger partial charge in [-0.2, -0.15) is 0 Å². The smallest absolute Gasteiger partial charge is 0.260 e. The van der Waals surface area contributed by atoms with Crippen molar-refractivity contribution in [3.05, 3.63) is 65.2 Å². The topological polar surface area (TPSA) is 38.8 Å². The highest BCUT2D eigenvalue weighted by Crippen LogP contribution is 2.49. The van der Waals surface area contributed by atoms with E-state index in [0.717, 1.165) is 11.3 Å². The monoisotopic (exact) mass is 337 g/mol. The lowest BCUT2D eigenvalue weighted by atomic mass is 9.94. The third-order valence-corrected chi connectivity index (χ3v) is 5.46. The van der Waals surface area contributed by atoms with Crippen LogP contribution >= 0.6 is 0 Å². The highest BCUT2D eigenvalue weighted by Gasteiger charge is 2.51. The summed E-state index contributed by atoms with van der Waals surface area (Å²) in [5.41, 5.74) is 3.16. The maximum absolute atomic E-state index is 13.2. The van der Waals surface area contributed by atoms with Gasteiger partial charge in [-0.3, -0.25) is 9.69 Å². The number of anilines is 1. The SMILES string of the molecule is COC1N(C(=O)c2ccccc2)c2ccc(C3CC3)cc2C1(C)OC. The Balaban J connectivity index is 1.83. The first-order valence-corrected chi connectivity index (χ1v) is 8.71. The van der Waals surface area contributed by atoms with E-state index in [1.807, 2.05) is 43.3 Å². The van der Waals surface area contributed by atoms with Gasteiger partial charge in [-0.25, -0.2) is 0 Å². The van der Waals surface area contributed by atoms with Crippen LogP contribution in [0.5, 0.6) is 0 Å². The van der Waals surface area contributed by atoms with E-state index in [9.17, 15) is 4.79 Å². The molecule has 25 heavy (non-hydrogen) atoms. The maximum atomic E-state index is 13.2. The summed E-state index contributed by atoms with van der Waals surface area (Å²) >= 11 is 0. The molecule has 0 N–H and O–H groups in total. The van der Waals surface area contributed by atoms with E-state index in [1.165, 1.54) is 18.4 Å².